The van der Waals surface area contributed by atoms with E-state index in [1.54, 1.807) is 11.1 Å². The summed E-state index contributed by atoms with van der Waals surface area (Å²) >= 11 is 0. The summed E-state index contributed by atoms with van der Waals surface area (Å²) in [6, 6.07) is 0.284. The number of aliphatic imine (C=N–C) groups is 1. The third-order valence-corrected chi connectivity index (χ3v) is 4.98. The average molecular weight is 286 g/mol. The molecule has 4 aliphatic rings. The van der Waals surface area contributed by atoms with Crippen LogP contribution in [0.15, 0.2) is 39.6 Å². The van der Waals surface area contributed by atoms with Gasteiger partial charge in [-0.1, -0.05) is 12.0 Å². The fraction of sp³-hybridized carbons (Fsp3) is 0.588. The van der Waals surface area contributed by atoms with Crippen LogP contribution in [0.4, 0.5) is 0 Å². The van der Waals surface area contributed by atoms with Crippen molar-refractivity contribution in [3.05, 3.63) is 34.6 Å². The molecule has 0 amide bonds. The summed E-state index contributed by atoms with van der Waals surface area (Å²) in [5.74, 6) is 1.81. The van der Waals surface area contributed by atoms with Gasteiger partial charge in [0, 0.05) is 0 Å². The van der Waals surface area contributed by atoms with Crippen LogP contribution in [0.3, 0.4) is 0 Å². The minimum Gasteiger partial charge on any atom is -0.490 e. The minimum atomic E-state index is -0.0322. The summed E-state index contributed by atoms with van der Waals surface area (Å²) in [6.07, 6.45) is 12.1. The minimum absolute atomic E-state index is 0.0322. The number of amidine groups is 1. The van der Waals surface area contributed by atoms with Crippen LogP contribution in [-0.4, -0.2) is 25.3 Å². The third-order valence-electron chi connectivity index (χ3n) is 4.98. The molecule has 4 heteroatoms. The highest BCUT2D eigenvalue weighted by molar-refractivity contribution is 5.73. The van der Waals surface area contributed by atoms with Crippen LogP contribution in [0.5, 0.6) is 0 Å². The molecule has 112 valence electrons. The van der Waals surface area contributed by atoms with Crippen molar-refractivity contribution in [2.24, 2.45) is 16.6 Å². The Morgan fingerprint density at radius 2 is 2.33 bits per heavy atom. The maximum Gasteiger partial charge on any atom is 0.282 e. The van der Waals surface area contributed by atoms with Crippen LogP contribution in [-0.2, 0) is 9.47 Å². The predicted molar refractivity (Wildman–Crippen MR) is 81.7 cm³/mol. The molecule has 3 aliphatic carbocycles. The normalized spacial score (nSPS) is 31.0. The summed E-state index contributed by atoms with van der Waals surface area (Å²) in [4.78, 5) is 4.03. The van der Waals surface area contributed by atoms with Gasteiger partial charge in [-0.2, -0.15) is 0 Å². The van der Waals surface area contributed by atoms with E-state index < -0.39 is 0 Å². The number of nitrogens with zero attached hydrogens (tertiary/aromatic N) is 1. The molecule has 4 rings (SSSR count). The van der Waals surface area contributed by atoms with Crippen LogP contribution in [0.25, 0.3) is 0 Å². The maximum atomic E-state index is 5.89. The Labute approximate surface area is 125 Å². The third kappa shape index (κ3) is 2.47. The maximum absolute atomic E-state index is 5.89. The van der Waals surface area contributed by atoms with E-state index in [2.05, 4.69) is 17.1 Å². The van der Waals surface area contributed by atoms with E-state index in [-0.39, 0.29) is 12.1 Å². The smallest absolute Gasteiger partial charge is 0.282 e. The zero-order chi connectivity index (χ0) is 14.2. The number of nitrogens with two attached hydrogens (primary N) is 1. The quantitative estimate of drug-likeness (QED) is 0.868. The Hall–Kier alpha value is -1.71. The van der Waals surface area contributed by atoms with Gasteiger partial charge in [0.05, 0.1) is 6.54 Å². The SMILES string of the molecule is NC1=NC[C@@H](COC2=CCC3=C4CCCCC4CC3=C2)O1. The molecular weight excluding hydrogens is 264 g/mol. The van der Waals surface area contributed by atoms with E-state index in [4.69, 9.17) is 15.2 Å². The molecule has 1 heterocycles. The molecule has 0 radical (unpaired) electrons. The van der Waals surface area contributed by atoms with Crippen LogP contribution < -0.4 is 5.73 Å². The van der Waals surface area contributed by atoms with Gasteiger partial charge in [0.1, 0.15) is 12.4 Å². The molecular formula is C17H22N2O2. The lowest BCUT2D eigenvalue weighted by molar-refractivity contribution is 0.103. The zero-order valence-electron chi connectivity index (χ0n) is 12.3. The highest BCUT2D eigenvalue weighted by Crippen LogP contribution is 2.47. The molecule has 4 nitrogen and oxygen atoms in total. The number of hydrogen-bond donors (Lipinski definition) is 1. The summed E-state index contributed by atoms with van der Waals surface area (Å²) in [7, 11) is 0. The first-order valence-electron chi connectivity index (χ1n) is 8.02. The van der Waals surface area contributed by atoms with Crippen LogP contribution in [0, 0.1) is 5.92 Å². The molecule has 0 aromatic heterocycles. The first-order chi connectivity index (χ1) is 10.3. The molecule has 1 unspecified atom stereocenters. The van der Waals surface area contributed by atoms with Crippen molar-refractivity contribution in [1.29, 1.82) is 0 Å². The molecule has 0 spiro atoms. The molecule has 0 saturated heterocycles. The van der Waals surface area contributed by atoms with Gasteiger partial charge >= 0.3 is 0 Å². The molecule has 1 aliphatic heterocycles. The lowest BCUT2D eigenvalue weighted by Gasteiger charge is -2.20. The molecule has 1 saturated carbocycles. The van der Waals surface area contributed by atoms with Crippen LogP contribution in [0.1, 0.15) is 38.5 Å². The molecule has 2 atom stereocenters. The van der Waals surface area contributed by atoms with E-state index in [1.165, 1.54) is 37.7 Å². The zero-order valence-corrected chi connectivity index (χ0v) is 12.3. The Kier molecular flexibility index (Phi) is 3.24. The lowest BCUT2D eigenvalue weighted by Crippen LogP contribution is -2.22. The summed E-state index contributed by atoms with van der Waals surface area (Å²) < 4.78 is 11.2. The molecule has 2 N–H and O–H groups in total. The summed E-state index contributed by atoms with van der Waals surface area (Å²) in [5.41, 5.74) is 10.4. The van der Waals surface area contributed by atoms with E-state index in [1.807, 2.05) is 0 Å². The van der Waals surface area contributed by atoms with Gasteiger partial charge in [0.2, 0.25) is 0 Å². The fourth-order valence-corrected chi connectivity index (χ4v) is 3.96. The second kappa shape index (κ2) is 5.24. The van der Waals surface area contributed by atoms with Crippen molar-refractivity contribution in [2.45, 2.75) is 44.6 Å². The van der Waals surface area contributed by atoms with Crippen molar-refractivity contribution < 1.29 is 9.47 Å². The van der Waals surface area contributed by atoms with Crippen molar-refractivity contribution in [1.82, 2.24) is 0 Å². The van der Waals surface area contributed by atoms with Crippen molar-refractivity contribution in [2.75, 3.05) is 13.2 Å². The van der Waals surface area contributed by atoms with Crippen molar-refractivity contribution in [3.8, 4) is 0 Å². The Balaban J connectivity index is 1.39. The van der Waals surface area contributed by atoms with E-state index in [9.17, 15) is 0 Å². The largest absolute Gasteiger partial charge is 0.490 e. The van der Waals surface area contributed by atoms with E-state index >= 15 is 0 Å². The van der Waals surface area contributed by atoms with Crippen LogP contribution >= 0.6 is 0 Å². The van der Waals surface area contributed by atoms with E-state index in [0.717, 1.165) is 18.1 Å². The summed E-state index contributed by atoms with van der Waals surface area (Å²) in [6.45, 7) is 1.13. The van der Waals surface area contributed by atoms with Gasteiger partial charge in [-0.15, -0.1) is 0 Å². The first kappa shape index (κ1) is 13.0. The fourth-order valence-electron chi connectivity index (χ4n) is 3.96. The second-order valence-electron chi connectivity index (χ2n) is 6.36. The van der Waals surface area contributed by atoms with Gasteiger partial charge in [-0.25, -0.2) is 4.99 Å². The number of fused-ring (bicyclic) bond motifs is 2. The van der Waals surface area contributed by atoms with Gasteiger partial charge in [-0.05, 0) is 61.3 Å². The van der Waals surface area contributed by atoms with E-state index in [0.29, 0.717) is 13.2 Å². The standard InChI is InChI=1S/C17H22N2O2/c18-17-19-9-14(21-17)10-20-13-5-6-16-12(8-13)7-11-3-1-2-4-15(11)16/h5,8,11,14H,1-4,6-7,9-10H2,(H2,18,19)/t11?,14-/m0/s1. The second-order valence-corrected chi connectivity index (χ2v) is 6.36. The Morgan fingerprint density at radius 3 is 3.19 bits per heavy atom. The predicted octanol–water partition coefficient (Wildman–Crippen LogP) is 2.82. The Morgan fingerprint density at radius 1 is 1.38 bits per heavy atom. The number of rotatable bonds is 3. The highest BCUT2D eigenvalue weighted by Gasteiger charge is 2.32. The van der Waals surface area contributed by atoms with Crippen molar-refractivity contribution in [3.63, 3.8) is 0 Å². The number of hydrogen-bond acceptors (Lipinski definition) is 4. The Bertz CT molecular complexity index is 571. The average Bonchev–Trinajstić information content (AvgIpc) is 3.07. The van der Waals surface area contributed by atoms with Crippen molar-refractivity contribution >= 4 is 6.02 Å². The monoisotopic (exact) mass is 286 g/mol. The number of allylic oxidation sites excluding steroid dienone is 5. The number of ether oxygens (including phenoxy) is 2. The van der Waals surface area contributed by atoms with Gasteiger partial charge in [-0.3, -0.25) is 0 Å². The van der Waals surface area contributed by atoms with Crippen LogP contribution in [0.2, 0.25) is 0 Å². The molecule has 0 aromatic rings. The summed E-state index contributed by atoms with van der Waals surface area (Å²) in [5, 5.41) is 0. The highest BCUT2D eigenvalue weighted by atomic mass is 16.6. The lowest BCUT2D eigenvalue weighted by atomic mass is 9.85. The molecule has 0 bridgehead atoms. The van der Waals surface area contributed by atoms with Gasteiger partial charge in [0.15, 0.2) is 6.10 Å². The molecule has 0 aromatic carbocycles. The molecule has 21 heavy (non-hydrogen) atoms. The topological polar surface area (TPSA) is 56.8 Å². The molecule has 1 fully saturated rings. The van der Waals surface area contributed by atoms with Gasteiger partial charge in [0.25, 0.3) is 6.02 Å². The first-order valence-corrected chi connectivity index (χ1v) is 8.02. The van der Waals surface area contributed by atoms with Gasteiger partial charge < -0.3 is 15.2 Å².